The molecule has 2 heterocycles. The van der Waals surface area contributed by atoms with Crippen LogP contribution in [-0.4, -0.2) is 37.7 Å². The summed E-state index contributed by atoms with van der Waals surface area (Å²) >= 11 is 2.69. The van der Waals surface area contributed by atoms with Crippen molar-refractivity contribution in [3.05, 3.63) is 64.9 Å². The molecule has 0 aliphatic carbocycles. The Bertz CT molecular complexity index is 1190. The van der Waals surface area contributed by atoms with E-state index < -0.39 is 5.91 Å². The Hall–Kier alpha value is -3.24. The number of benzene rings is 2. The van der Waals surface area contributed by atoms with Gasteiger partial charge in [0.25, 0.3) is 5.91 Å². The van der Waals surface area contributed by atoms with Gasteiger partial charge in [-0.1, -0.05) is 35.1 Å². The van der Waals surface area contributed by atoms with Crippen LogP contribution in [0.5, 0.6) is 11.5 Å². The minimum Gasteiger partial charge on any atom is -0.505 e. The van der Waals surface area contributed by atoms with E-state index in [9.17, 15) is 20.1 Å². The molecule has 0 bridgehead atoms. The molecule has 0 fully saturated rings. The number of carbonyl (C=O) groups is 1. The Morgan fingerprint density at radius 1 is 1.19 bits per heavy atom. The second kappa shape index (κ2) is 8.48. The van der Waals surface area contributed by atoms with Crippen molar-refractivity contribution in [3.63, 3.8) is 0 Å². The fourth-order valence-corrected chi connectivity index (χ4v) is 4.85. The summed E-state index contributed by atoms with van der Waals surface area (Å²) in [7, 11) is 1.70. The Morgan fingerprint density at radius 3 is 2.74 bits per heavy atom. The van der Waals surface area contributed by atoms with Gasteiger partial charge in [-0.3, -0.25) is 4.79 Å². The fraction of sp³-hybridized carbons (Fsp3) is 0.143. The molecule has 160 valence electrons. The van der Waals surface area contributed by atoms with Crippen molar-refractivity contribution < 1.29 is 24.6 Å². The van der Waals surface area contributed by atoms with E-state index in [2.05, 4.69) is 10.5 Å². The van der Waals surface area contributed by atoms with Crippen LogP contribution in [0.15, 0.2) is 62.7 Å². The third kappa shape index (κ3) is 4.17. The topological polar surface area (TPSA) is 119 Å². The van der Waals surface area contributed by atoms with Crippen LogP contribution in [0.25, 0.3) is 5.76 Å². The van der Waals surface area contributed by atoms with Gasteiger partial charge in [0, 0.05) is 28.8 Å². The number of rotatable bonds is 5. The van der Waals surface area contributed by atoms with Crippen LogP contribution in [-0.2, 0) is 10.5 Å². The van der Waals surface area contributed by atoms with Crippen LogP contribution >= 0.6 is 23.7 Å². The Morgan fingerprint density at radius 2 is 1.97 bits per heavy atom. The molecular formula is C21H19N3O5S2. The number of nitrogens with one attached hydrogen (secondary N) is 1. The Labute approximate surface area is 186 Å². The van der Waals surface area contributed by atoms with Gasteiger partial charge in [0.1, 0.15) is 0 Å². The first-order valence-corrected chi connectivity index (χ1v) is 11.0. The SMILES string of the molecule is Cc1c(NC(=O)C2=C(O)c3ccccc3SN2C)noc1SCc1ccc(O)c(O)c1. The van der Waals surface area contributed by atoms with E-state index >= 15 is 0 Å². The van der Waals surface area contributed by atoms with Crippen molar-refractivity contribution >= 4 is 41.2 Å². The van der Waals surface area contributed by atoms with E-state index in [-0.39, 0.29) is 28.8 Å². The number of nitrogens with zero attached hydrogens (tertiary/aromatic N) is 2. The van der Waals surface area contributed by atoms with E-state index in [0.717, 1.165) is 10.5 Å². The first kappa shape index (κ1) is 21.0. The number of carbonyl (C=O) groups excluding carboxylic acids is 1. The number of fused-ring (bicyclic) bond motifs is 1. The second-order valence-electron chi connectivity index (χ2n) is 6.79. The maximum absolute atomic E-state index is 12.9. The lowest BCUT2D eigenvalue weighted by Gasteiger charge is -2.27. The molecule has 3 aromatic rings. The lowest BCUT2D eigenvalue weighted by Crippen LogP contribution is -2.27. The quantitative estimate of drug-likeness (QED) is 0.249. The Kier molecular flexibility index (Phi) is 5.75. The zero-order valence-corrected chi connectivity index (χ0v) is 18.3. The van der Waals surface area contributed by atoms with Gasteiger partial charge in [-0.2, -0.15) is 0 Å². The number of aromatic hydroxyl groups is 2. The summed E-state index contributed by atoms with van der Waals surface area (Å²) < 4.78 is 6.96. The first-order chi connectivity index (χ1) is 14.8. The van der Waals surface area contributed by atoms with Crippen LogP contribution in [0.3, 0.4) is 0 Å². The number of hydrogen-bond acceptors (Lipinski definition) is 9. The number of aliphatic hydroxyl groups is 1. The number of thioether (sulfide) groups is 1. The maximum Gasteiger partial charge on any atom is 0.277 e. The highest BCUT2D eigenvalue weighted by Crippen LogP contribution is 2.39. The minimum atomic E-state index is -0.501. The molecule has 8 nitrogen and oxygen atoms in total. The molecule has 4 rings (SSSR count). The zero-order valence-electron chi connectivity index (χ0n) is 16.6. The number of phenols is 2. The monoisotopic (exact) mass is 457 g/mol. The highest BCUT2D eigenvalue weighted by Gasteiger charge is 2.29. The molecule has 1 aromatic heterocycles. The molecule has 0 saturated carbocycles. The van der Waals surface area contributed by atoms with Gasteiger partial charge < -0.3 is 29.5 Å². The third-order valence-electron chi connectivity index (χ3n) is 4.65. The Balaban J connectivity index is 1.49. The van der Waals surface area contributed by atoms with Gasteiger partial charge in [-0.05, 0) is 48.7 Å². The molecule has 0 radical (unpaired) electrons. The van der Waals surface area contributed by atoms with Crippen molar-refractivity contribution in [3.8, 4) is 11.5 Å². The van der Waals surface area contributed by atoms with Crippen molar-refractivity contribution in [2.75, 3.05) is 12.4 Å². The van der Waals surface area contributed by atoms with E-state index in [0.29, 0.717) is 22.0 Å². The summed E-state index contributed by atoms with van der Waals surface area (Å²) in [6.07, 6.45) is 0. The predicted molar refractivity (Wildman–Crippen MR) is 119 cm³/mol. The molecular weight excluding hydrogens is 438 g/mol. The molecule has 4 N–H and O–H groups in total. The van der Waals surface area contributed by atoms with E-state index in [1.807, 2.05) is 12.1 Å². The second-order valence-corrected chi connectivity index (χ2v) is 8.91. The highest BCUT2D eigenvalue weighted by molar-refractivity contribution is 7.98. The molecule has 10 heteroatoms. The smallest absolute Gasteiger partial charge is 0.277 e. The standard InChI is InChI=1S/C21H19N3O5S2/c1-11-19(23-29-21(11)30-10-12-7-8-14(25)15(26)9-12)22-20(28)17-18(27)13-5-3-4-6-16(13)31-24(17)2/h3-9,25-27H,10H2,1-2H3,(H,22,23,28). The number of aliphatic hydroxyl groups excluding tert-OH is 1. The van der Waals surface area contributed by atoms with Gasteiger partial charge in [0.15, 0.2) is 33.9 Å². The average Bonchev–Trinajstić information content (AvgIpc) is 3.08. The normalized spacial score (nSPS) is 13.3. The van der Waals surface area contributed by atoms with Crippen LogP contribution in [0.1, 0.15) is 16.7 Å². The molecule has 0 saturated heterocycles. The predicted octanol–water partition coefficient (Wildman–Crippen LogP) is 4.50. The summed E-state index contributed by atoms with van der Waals surface area (Å²) in [6, 6.07) is 11.9. The molecule has 1 amide bonds. The largest absolute Gasteiger partial charge is 0.505 e. The zero-order chi connectivity index (χ0) is 22.1. The first-order valence-electron chi connectivity index (χ1n) is 9.20. The van der Waals surface area contributed by atoms with Gasteiger partial charge in [0.05, 0.1) is 0 Å². The van der Waals surface area contributed by atoms with Crippen LogP contribution in [0, 0.1) is 6.92 Å². The molecule has 31 heavy (non-hydrogen) atoms. The van der Waals surface area contributed by atoms with Crippen molar-refractivity contribution in [2.24, 2.45) is 0 Å². The number of anilines is 1. The molecule has 2 aromatic carbocycles. The van der Waals surface area contributed by atoms with Crippen LogP contribution in [0.2, 0.25) is 0 Å². The molecule has 0 unspecified atom stereocenters. The van der Waals surface area contributed by atoms with Gasteiger partial charge in [0.2, 0.25) is 0 Å². The summed E-state index contributed by atoms with van der Waals surface area (Å²) in [5.74, 6) is -0.237. The molecule has 1 aliphatic rings. The van der Waals surface area contributed by atoms with Crippen molar-refractivity contribution in [1.82, 2.24) is 9.46 Å². The number of hydrogen-bond donors (Lipinski definition) is 4. The summed E-state index contributed by atoms with van der Waals surface area (Å²) in [6.45, 7) is 1.77. The van der Waals surface area contributed by atoms with Gasteiger partial charge >= 0.3 is 0 Å². The third-order valence-corrected chi connectivity index (χ3v) is 6.78. The van der Waals surface area contributed by atoms with Crippen molar-refractivity contribution in [2.45, 2.75) is 22.7 Å². The number of phenolic OH excluding ortho intramolecular Hbond substituents is 2. The lowest BCUT2D eigenvalue weighted by atomic mass is 10.1. The summed E-state index contributed by atoms with van der Waals surface area (Å²) in [5, 5.41) is 36.8. The average molecular weight is 458 g/mol. The summed E-state index contributed by atoms with van der Waals surface area (Å²) in [4.78, 5) is 13.7. The van der Waals surface area contributed by atoms with Crippen LogP contribution in [0.4, 0.5) is 5.82 Å². The van der Waals surface area contributed by atoms with E-state index in [1.165, 1.54) is 35.8 Å². The fourth-order valence-electron chi connectivity index (χ4n) is 3.01. The summed E-state index contributed by atoms with van der Waals surface area (Å²) in [5.41, 5.74) is 2.16. The molecule has 1 aliphatic heterocycles. The van der Waals surface area contributed by atoms with Crippen molar-refractivity contribution in [1.29, 1.82) is 0 Å². The van der Waals surface area contributed by atoms with Gasteiger partial charge in [-0.15, -0.1) is 0 Å². The van der Waals surface area contributed by atoms with Crippen LogP contribution < -0.4 is 5.32 Å². The number of amides is 1. The molecule has 0 spiro atoms. The minimum absolute atomic E-state index is 0.0998. The van der Waals surface area contributed by atoms with E-state index in [1.54, 1.807) is 36.5 Å². The number of aromatic nitrogens is 1. The maximum atomic E-state index is 12.9. The van der Waals surface area contributed by atoms with Gasteiger partial charge in [-0.25, -0.2) is 0 Å². The lowest BCUT2D eigenvalue weighted by molar-refractivity contribution is -0.113. The number of likely N-dealkylation sites (N-methyl/N-ethyl adjacent to an activating group) is 1. The van der Waals surface area contributed by atoms with E-state index in [4.69, 9.17) is 4.52 Å². The molecule has 0 atom stereocenters. The highest BCUT2D eigenvalue weighted by atomic mass is 32.2.